The lowest BCUT2D eigenvalue weighted by atomic mass is 9.99. The third kappa shape index (κ3) is 3.61. The predicted molar refractivity (Wildman–Crippen MR) is 106 cm³/mol. The second-order valence-corrected chi connectivity index (χ2v) is 7.07. The number of halogens is 1. The third-order valence-corrected chi connectivity index (χ3v) is 5.29. The van der Waals surface area contributed by atoms with Gasteiger partial charge in [0.25, 0.3) is 5.91 Å². The largest absolute Gasteiger partial charge is 0.368 e. The summed E-state index contributed by atoms with van der Waals surface area (Å²) in [6.07, 6.45) is 4.39. The van der Waals surface area contributed by atoms with Crippen LogP contribution in [-0.4, -0.2) is 21.7 Å². The van der Waals surface area contributed by atoms with Crippen LogP contribution in [0.1, 0.15) is 45.6 Å². The fourth-order valence-electron chi connectivity index (χ4n) is 4.01. The molecule has 3 aromatic rings. The number of carbonyl (C=O) groups excluding carboxylic acids is 2. The van der Waals surface area contributed by atoms with Crippen LogP contribution >= 0.6 is 0 Å². The minimum Gasteiger partial charge on any atom is -0.368 e. The molecule has 1 aliphatic carbocycles. The standard InChI is InChI=1S/C23H20FN3O2/c24-18-10-8-15-9-11-20(19(15)13-18)27(23(29)16-5-2-1-3-6-16)21(22(25)28)17-7-4-12-26-14-17/h1-8,10,12-14,20-21H,9,11H2,(H2,25,28)/t20-,21+/m1/s1. The number of rotatable bonds is 5. The van der Waals surface area contributed by atoms with E-state index in [1.807, 2.05) is 6.07 Å². The summed E-state index contributed by atoms with van der Waals surface area (Å²) in [5.74, 6) is -1.37. The molecule has 146 valence electrons. The van der Waals surface area contributed by atoms with Gasteiger partial charge in [-0.15, -0.1) is 0 Å². The average molecular weight is 389 g/mol. The van der Waals surface area contributed by atoms with Crippen molar-refractivity contribution in [1.29, 1.82) is 0 Å². The summed E-state index contributed by atoms with van der Waals surface area (Å²) in [6.45, 7) is 0. The number of nitrogens with two attached hydrogens (primary N) is 1. The third-order valence-electron chi connectivity index (χ3n) is 5.29. The minimum absolute atomic E-state index is 0.333. The first-order valence-corrected chi connectivity index (χ1v) is 9.41. The summed E-state index contributed by atoms with van der Waals surface area (Å²) in [5, 5.41) is 0. The van der Waals surface area contributed by atoms with E-state index in [0.29, 0.717) is 29.5 Å². The van der Waals surface area contributed by atoms with E-state index in [1.54, 1.807) is 48.7 Å². The molecule has 0 spiro atoms. The minimum atomic E-state index is -1.02. The zero-order valence-corrected chi connectivity index (χ0v) is 15.7. The van der Waals surface area contributed by atoms with Crippen molar-refractivity contribution in [3.8, 4) is 0 Å². The van der Waals surface area contributed by atoms with Gasteiger partial charge in [-0.1, -0.05) is 30.3 Å². The van der Waals surface area contributed by atoms with Crippen molar-refractivity contribution >= 4 is 11.8 Å². The number of aryl methyl sites for hydroxylation is 1. The number of primary amides is 1. The molecule has 0 unspecified atom stereocenters. The summed E-state index contributed by atoms with van der Waals surface area (Å²) < 4.78 is 14.0. The zero-order chi connectivity index (χ0) is 20.4. The van der Waals surface area contributed by atoms with Crippen molar-refractivity contribution in [2.45, 2.75) is 24.9 Å². The molecule has 2 amide bonds. The van der Waals surface area contributed by atoms with E-state index >= 15 is 0 Å². The van der Waals surface area contributed by atoms with Gasteiger partial charge < -0.3 is 10.6 Å². The molecule has 0 saturated carbocycles. The van der Waals surface area contributed by atoms with Gasteiger partial charge in [0.1, 0.15) is 11.9 Å². The Labute approximate surface area is 168 Å². The summed E-state index contributed by atoms with van der Waals surface area (Å²) in [5.41, 5.74) is 8.41. The van der Waals surface area contributed by atoms with E-state index in [-0.39, 0.29) is 11.7 Å². The van der Waals surface area contributed by atoms with Crippen LogP contribution in [0.3, 0.4) is 0 Å². The van der Waals surface area contributed by atoms with Gasteiger partial charge in [0, 0.05) is 23.5 Å². The highest BCUT2D eigenvalue weighted by molar-refractivity contribution is 5.98. The monoisotopic (exact) mass is 389 g/mol. The van der Waals surface area contributed by atoms with Crippen LogP contribution in [0.4, 0.5) is 4.39 Å². The second kappa shape index (κ2) is 7.83. The quantitative estimate of drug-likeness (QED) is 0.725. The maximum absolute atomic E-state index is 14.0. The fraction of sp³-hybridized carbons (Fsp3) is 0.174. The van der Waals surface area contributed by atoms with E-state index in [4.69, 9.17) is 5.73 Å². The van der Waals surface area contributed by atoms with E-state index in [0.717, 1.165) is 5.56 Å². The number of aromatic nitrogens is 1. The molecule has 2 atom stereocenters. The number of amides is 2. The topological polar surface area (TPSA) is 76.3 Å². The first-order valence-electron chi connectivity index (χ1n) is 9.41. The molecule has 6 heteroatoms. The lowest BCUT2D eigenvalue weighted by molar-refractivity contribution is -0.123. The smallest absolute Gasteiger partial charge is 0.255 e. The van der Waals surface area contributed by atoms with Gasteiger partial charge in [0.05, 0.1) is 6.04 Å². The van der Waals surface area contributed by atoms with E-state index < -0.39 is 18.0 Å². The van der Waals surface area contributed by atoms with E-state index in [9.17, 15) is 14.0 Å². The zero-order valence-electron chi connectivity index (χ0n) is 15.7. The van der Waals surface area contributed by atoms with Gasteiger partial charge >= 0.3 is 0 Å². The molecule has 0 radical (unpaired) electrons. The van der Waals surface area contributed by atoms with Crippen molar-refractivity contribution in [3.05, 3.63) is 101 Å². The normalized spacial score (nSPS) is 16.1. The Morgan fingerprint density at radius 1 is 1.10 bits per heavy atom. The molecule has 2 aromatic carbocycles. The highest BCUT2D eigenvalue weighted by Gasteiger charge is 2.39. The fourth-order valence-corrected chi connectivity index (χ4v) is 4.01. The molecular formula is C23H20FN3O2. The first-order chi connectivity index (χ1) is 14.1. The maximum atomic E-state index is 14.0. The molecule has 0 fully saturated rings. The van der Waals surface area contributed by atoms with Crippen LogP contribution in [-0.2, 0) is 11.2 Å². The Hall–Kier alpha value is -3.54. The van der Waals surface area contributed by atoms with Crippen LogP contribution in [0.5, 0.6) is 0 Å². The van der Waals surface area contributed by atoms with Crippen molar-refractivity contribution in [2.75, 3.05) is 0 Å². The van der Waals surface area contributed by atoms with Gasteiger partial charge in [0.2, 0.25) is 5.91 Å². The number of carbonyl (C=O) groups is 2. The van der Waals surface area contributed by atoms with Crippen LogP contribution in [0, 0.1) is 5.82 Å². The molecular weight excluding hydrogens is 369 g/mol. The highest BCUT2D eigenvalue weighted by atomic mass is 19.1. The molecule has 29 heavy (non-hydrogen) atoms. The summed E-state index contributed by atoms with van der Waals surface area (Å²) in [6, 6.07) is 15.2. The van der Waals surface area contributed by atoms with Gasteiger partial charge in [0.15, 0.2) is 0 Å². The highest BCUT2D eigenvalue weighted by Crippen LogP contribution is 2.41. The number of hydrogen-bond acceptors (Lipinski definition) is 3. The molecule has 0 aliphatic heterocycles. The molecule has 1 aromatic heterocycles. The Morgan fingerprint density at radius 2 is 1.90 bits per heavy atom. The molecule has 0 saturated heterocycles. The van der Waals surface area contributed by atoms with Crippen molar-refractivity contribution in [1.82, 2.24) is 9.88 Å². The van der Waals surface area contributed by atoms with Gasteiger partial charge in [-0.25, -0.2) is 4.39 Å². The lowest BCUT2D eigenvalue weighted by Crippen LogP contribution is -2.43. The number of hydrogen-bond donors (Lipinski definition) is 1. The number of benzene rings is 2. The predicted octanol–water partition coefficient (Wildman–Crippen LogP) is 3.58. The summed E-state index contributed by atoms with van der Waals surface area (Å²) in [4.78, 5) is 31.7. The van der Waals surface area contributed by atoms with E-state index in [1.165, 1.54) is 23.2 Å². The molecule has 4 rings (SSSR count). The van der Waals surface area contributed by atoms with E-state index in [2.05, 4.69) is 4.98 Å². The molecule has 5 nitrogen and oxygen atoms in total. The Bertz CT molecular complexity index is 1040. The van der Waals surface area contributed by atoms with Gasteiger partial charge in [-0.2, -0.15) is 0 Å². The average Bonchev–Trinajstić information content (AvgIpc) is 3.15. The van der Waals surface area contributed by atoms with Crippen molar-refractivity contribution in [3.63, 3.8) is 0 Å². The van der Waals surface area contributed by atoms with Crippen molar-refractivity contribution < 1.29 is 14.0 Å². The first kappa shape index (κ1) is 18.8. The van der Waals surface area contributed by atoms with Crippen LogP contribution < -0.4 is 5.73 Å². The number of fused-ring (bicyclic) bond motifs is 1. The maximum Gasteiger partial charge on any atom is 0.255 e. The second-order valence-electron chi connectivity index (χ2n) is 7.07. The molecule has 0 bridgehead atoms. The van der Waals surface area contributed by atoms with Gasteiger partial charge in [-0.3, -0.25) is 14.6 Å². The van der Waals surface area contributed by atoms with Crippen molar-refractivity contribution in [2.24, 2.45) is 5.73 Å². The SMILES string of the molecule is NC(=O)[C@H](c1cccnc1)N(C(=O)c1ccccc1)[C@@H]1CCc2ccc(F)cc21. The summed E-state index contributed by atoms with van der Waals surface area (Å²) >= 11 is 0. The molecule has 1 aliphatic rings. The van der Waals surface area contributed by atoms with Gasteiger partial charge in [-0.05, 0) is 54.3 Å². The lowest BCUT2D eigenvalue weighted by Gasteiger charge is -2.35. The Morgan fingerprint density at radius 3 is 2.59 bits per heavy atom. The number of nitrogens with zero attached hydrogens (tertiary/aromatic N) is 2. The summed E-state index contributed by atoms with van der Waals surface area (Å²) in [7, 11) is 0. The number of pyridine rings is 1. The molecule has 2 N–H and O–H groups in total. The Kier molecular flexibility index (Phi) is 5.08. The van der Waals surface area contributed by atoms with Crippen LogP contribution in [0.15, 0.2) is 73.1 Å². The van der Waals surface area contributed by atoms with Crippen LogP contribution in [0.25, 0.3) is 0 Å². The Balaban J connectivity index is 1.86. The molecule has 1 heterocycles. The van der Waals surface area contributed by atoms with Crippen LogP contribution in [0.2, 0.25) is 0 Å².